The summed E-state index contributed by atoms with van der Waals surface area (Å²) in [7, 11) is 0. The van der Waals surface area contributed by atoms with Crippen LogP contribution in [0, 0.1) is 0 Å². The van der Waals surface area contributed by atoms with Crippen molar-refractivity contribution < 1.29 is 24.5 Å². The van der Waals surface area contributed by atoms with Crippen molar-refractivity contribution in [2.75, 3.05) is 29.9 Å². The topological polar surface area (TPSA) is 164 Å². The van der Waals surface area contributed by atoms with Gasteiger partial charge in [-0.25, -0.2) is 15.0 Å². The molecule has 1 aromatic carbocycles. The van der Waals surface area contributed by atoms with Crippen LogP contribution in [0.25, 0.3) is 11.2 Å². The summed E-state index contributed by atoms with van der Waals surface area (Å²) in [6, 6.07) is 7.32. The molecule has 1 fully saturated rings. The first-order valence-electron chi connectivity index (χ1n) is 12.5. The lowest BCUT2D eigenvalue weighted by Gasteiger charge is -2.16. The Morgan fingerprint density at radius 3 is 2.61 bits per heavy atom. The number of benzene rings is 1. The Morgan fingerprint density at radius 1 is 1.08 bits per heavy atom. The third-order valence-corrected chi connectivity index (χ3v) is 7.14. The summed E-state index contributed by atoms with van der Waals surface area (Å²) in [5, 5.41) is 30.1. The molecule has 13 heteroatoms. The summed E-state index contributed by atoms with van der Waals surface area (Å²) in [5.74, 6) is 1.45. The highest BCUT2D eigenvalue weighted by atomic mass is 32.2. The summed E-state index contributed by atoms with van der Waals surface area (Å²) in [4.78, 5) is 36.2. The molecular weight excluding hydrogens is 510 g/mol. The van der Waals surface area contributed by atoms with Gasteiger partial charge in [-0.1, -0.05) is 19.1 Å². The van der Waals surface area contributed by atoms with E-state index in [1.807, 2.05) is 19.1 Å². The van der Waals surface area contributed by atoms with Gasteiger partial charge in [-0.3, -0.25) is 14.2 Å². The number of hydrogen-bond donors (Lipinski definition) is 5. The number of hydrogen-bond acceptors (Lipinski definition) is 10. The average molecular weight is 544 g/mol. The van der Waals surface area contributed by atoms with Crippen molar-refractivity contribution in [3.05, 3.63) is 48.0 Å². The molecule has 0 unspecified atom stereocenters. The van der Waals surface area contributed by atoms with Gasteiger partial charge in [-0.15, -0.1) is 0 Å². The molecule has 4 atom stereocenters. The lowest BCUT2D eigenvalue weighted by atomic mass is 10.1. The number of carbonyl (C=O) groups excluding carboxylic acids is 2. The third kappa shape index (κ3) is 6.59. The molecule has 4 rings (SSSR count). The zero-order valence-electron chi connectivity index (χ0n) is 21.3. The molecule has 1 aliphatic rings. The van der Waals surface area contributed by atoms with E-state index in [1.54, 1.807) is 16.7 Å². The molecule has 0 bridgehead atoms. The van der Waals surface area contributed by atoms with E-state index in [2.05, 4.69) is 30.9 Å². The smallest absolute Gasteiger partial charge is 0.251 e. The maximum atomic E-state index is 12.1. The van der Waals surface area contributed by atoms with Gasteiger partial charge in [0.1, 0.15) is 18.5 Å². The number of anilines is 1. The number of rotatable bonds is 12. The van der Waals surface area contributed by atoms with Gasteiger partial charge in [-0.05, 0) is 24.1 Å². The molecule has 0 spiro atoms. The van der Waals surface area contributed by atoms with Crippen molar-refractivity contribution >= 4 is 40.6 Å². The highest BCUT2D eigenvalue weighted by molar-refractivity contribution is 7.99. The highest BCUT2D eigenvalue weighted by Gasteiger charge is 2.44. The number of imidazole rings is 1. The van der Waals surface area contributed by atoms with Crippen LogP contribution in [0.2, 0.25) is 0 Å². The first-order valence-corrected chi connectivity index (χ1v) is 13.7. The molecule has 0 aliphatic carbocycles. The number of fused-ring (bicyclic) bond motifs is 1. The number of nitrogens with one attached hydrogen (secondary N) is 3. The molecule has 204 valence electrons. The van der Waals surface area contributed by atoms with Gasteiger partial charge in [0.25, 0.3) is 5.91 Å². The normalized spacial score (nSPS) is 20.9. The van der Waals surface area contributed by atoms with Crippen molar-refractivity contribution in [2.45, 2.75) is 51.4 Å². The minimum absolute atomic E-state index is 0.0918. The summed E-state index contributed by atoms with van der Waals surface area (Å²) in [5.41, 5.74) is 2.52. The molecule has 1 saturated heterocycles. The number of aliphatic hydroxyl groups is 2. The second-order valence-corrected chi connectivity index (χ2v) is 10.1. The fourth-order valence-electron chi connectivity index (χ4n) is 4.06. The molecule has 12 nitrogen and oxygen atoms in total. The van der Waals surface area contributed by atoms with E-state index in [9.17, 15) is 19.8 Å². The number of carbonyl (C=O) groups is 2. The van der Waals surface area contributed by atoms with E-state index >= 15 is 0 Å². The predicted octanol–water partition coefficient (Wildman–Crippen LogP) is 1.07. The Kier molecular flexibility index (Phi) is 9.50. The fourth-order valence-corrected chi connectivity index (χ4v) is 4.98. The van der Waals surface area contributed by atoms with E-state index in [4.69, 9.17) is 4.74 Å². The maximum Gasteiger partial charge on any atom is 0.251 e. The van der Waals surface area contributed by atoms with Crippen molar-refractivity contribution in [1.29, 1.82) is 0 Å². The van der Waals surface area contributed by atoms with Gasteiger partial charge in [0.2, 0.25) is 5.91 Å². The molecule has 0 radical (unpaired) electrons. The molecule has 38 heavy (non-hydrogen) atoms. The molecule has 3 aromatic rings. The van der Waals surface area contributed by atoms with E-state index < -0.39 is 24.5 Å². The lowest BCUT2D eigenvalue weighted by Crippen LogP contribution is -2.33. The van der Waals surface area contributed by atoms with E-state index in [0.717, 1.165) is 12.0 Å². The minimum Gasteiger partial charge on any atom is -0.387 e. The Hall–Kier alpha value is -3.26. The highest BCUT2D eigenvalue weighted by Crippen LogP contribution is 2.33. The number of nitrogens with zero attached hydrogens (tertiary/aromatic N) is 4. The number of ether oxygens (including phenoxy) is 1. The van der Waals surface area contributed by atoms with Crippen LogP contribution in [-0.4, -0.2) is 84.5 Å². The SMILES string of the molecule is CCCNC(=O)c1ccc(CNc2ncnc3c2ncn3[C@@H]2O[C@H](CSCCNC(C)=O)[C@@H](O)[C@H]2O)cc1. The van der Waals surface area contributed by atoms with Crippen LogP contribution >= 0.6 is 11.8 Å². The van der Waals surface area contributed by atoms with Crippen LogP contribution in [0.1, 0.15) is 42.4 Å². The van der Waals surface area contributed by atoms with Crippen LogP contribution in [-0.2, 0) is 16.1 Å². The lowest BCUT2D eigenvalue weighted by molar-refractivity contribution is -0.118. The molecule has 0 saturated carbocycles. The Bertz CT molecular complexity index is 1240. The maximum absolute atomic E-state index is 12.1. The molecule has 1 aliphatic heterocycles. The van der Waals surface area contributed by atoms with Crippen molar-refractivity contribution in [1.82, 2.24) is 30.2 Å². The van der Waals surface area contributed by atoms with Crippen molar-refractivity contribution in [3.63, 3.8) is 0 Å². The predicted molar refractivity (Wildman–Crippen MR) is 144 cm³/mol. The first-order chi connectivity index (χ1) is 18.4. The van der Waals surface area contributed by atoms with E-state index in [1.165, 1.54) is 31.3 Å². The standard InChI is InChI=1S/C25H33N7O5S/c1-3-8-27-24(36)17-6-4-16(5-7-17)11-28-22-19-23(30-13-29-22)32(14-31-19)25-21(35)20(34)18(37-25)12-38-10-9-26-15(2)33/h4-7,13-14,18,20-21,25,34-35H,3,8-12H2,1-2H3,(H,26,33)(H,27,36)(H,28,29,30)/t18-,20-,21-,25-/m1/s1. The van der Waals surface area contributed by atoms with Gasteiger partial charge in [0, 0.05) is 43.6 Å². The summed E-state index contributed by atoms with van der Waals surface area (Å²) < 4.78 is 7.59. The second kappa shape index (κ2) is 13.0. The first kappa shape index (κ1) is 27.8. The van der Waals surface area contributed by atoms with Gasteiger partial charge in [0.15, 0.2) is 23.2 Å². The molecule has 2 aromatic heterocycles. The average Bonchev–Trinajstić information content (AvgIpc) is 3.47. The summed E-state index contributed by atoms with van der Waals surface area (Å²) in [6.45, 7) is 5.08. The van der Waals surface area contributed by atoms with Crippen LogP contribution in [0.15, 0.2) is 36.9 Å². The monoisotopic (exact) mass is 543 g/mol. The van der Waals surface area contributed by atoms with Crippen LogP contribution in [0.5, 0.6) is 0 Å². The van der Waals surface area contributed by atoms with E-state index in [-0.39, 0.29) is 11.8 Å². The Labute approximate surface area is 224 Å². The molecular formula is C25H33N7O5S. The molecule has 3 heterocycles. The fraction of sp³-hybridized carbons (Fsp3) is 0.480. The van der Waals surface area contributed by atoms with Crippen LogP contribution < -0.4 is 16.0 Å². The Morgan fingerprint density at radius 2 is 1.87 bits per heavy atom. The number of amides is 2. The summed E-state index contributed by atoms with van der Waals surface area (Å²) in [6.07, 6.45) is 0.124. The van der Waals surface area contributed by atoms with Crippen LogP contribution in [0.4, 0.5) is 5.82 Å². The molecule has 2 amide bonds. The third-order valence-electron chi connectivity index (χ3n) is 6.08. The molecule has 5 N–H and O–H groups in total. The van der Waals surface area contributed by atoms with Crippen LogP contribution in [0.3, 0.4) is 0 Å². The van der Waals surface area contributed by atoms with Crippen molar-refractivity contribution in [2.24, 2.45) is 0 Å². The second-order valence-electron chi connectivity index (χ2n) is 8.96. The van der Waals surface area contributed by atoms with E-state index in [0.29, 0.717) is 53.7 Å². The van der Waals surface area contributed by atoms with Gasteiger partial charge in [0.05, 0.1) is 12.4 Å². The van der Waals surface area contributed by atoms with Gasteiger partial charge < -0.3 is 30.9 Å². The van der Waals surface area contributed by atoms with Gasteiger partial charge in [-0.2, -0.15) is 11.8 Å². The van der Waals surface area contributed by atoms with Crippen molar-refractivity contribution in [3.8, 4) is 0 Å². The minimum atomic E-state index is -1.16. The largest absolute Gasteiger partial charge is 0.387 e. The van der Waals surface area contributed by atoms with Gasteiger partial charge >= 0.3 is 0 Å². The zero-order chi connectivity index (χ0) is 27.1. The number of aromatic nitrogens is 4. The quantitative estimate of drug-likeness (QED) is 0.209. The number of thioether (sulfide) groups is 1. The Balaban J connectivity index is 1.39. The number of aliphatic hydroxyl groups excluding tert-OH is 2. The summed E-state index contributed by atoms with van der Waals surface area (Å²) >= 11 is 1.52. The zero-order valence-corrected chi connectivity index (χ0v) is 22.1.